The quantitative estimate of drug-likeness (QED) is 0.210. The fraction of sp³-hybridized carbons (Fsp3) is 0.226. The van der Waals surface area contributed by atoms with Gasteiger partial charge in [-0.2, -0.15) is 5.10 Å². The normalized spacial score (nSPS) is 11.5. The zero-order chi connectivity index (χ0) is 29.7. The van der Waals surface area contributed by atoms with Crippen LogP contribution in [0.5, 0.6) is 11.5 Å². The van der Waals surface area contributed by atoms with Gasteiger partial charge in [-0.15, -0.1) is 0 Å². The van der Waals surface area contributed by atoms with Crippen LogP contribution in [-0.2, 0) is 14.8 Å². The highest BCUT2D eigenvalue weighted by Gasteiger charge is 2.30. The first kappa shape index (κ1) is 29.4. The van der Waals surface area contributed by atoms with Gasteiger partial charge in [0.25, 0.3) is 15.9 Å². The summed E-state index contributed by atoms with van der Waals surface area (Å²) in [7, 11) is -1.25. The average Bonchev–Trinajstić information content (AvgIpc) is 3.23. The van der Waals surface area contributed by atoms with Crippen molar-refractivity contribution in [1.82, 2.24) is 9.99 Å². The number of aryl methyl sites for hydroxylation is 3. The lowest BCUT2D eigenvalue weighted by atomic mass is 10.1. The standard InChI is InChI=1S/C31H34N4O5S/c1-21-14-22(2)16-26(15-21)35-23(3)17-25(24(35)4)19-32-33-31(36)20-34(41(37,38)28-10-8-7-9-11-28)29-18-27(39-5)12-13-30(29)40-6/h7-19H,20H2,1-6H3,(H,33,36)/b32-19-. The van der Waals surface area contributed by atoms with Crippen molar-refractivity contribution in [3.8, 4) is 17.2 Å². The van der Waals surface area contributed by atoms with Gasteiger partial charge in [0, 0.05) is 28.7 Å². The number of anilines is 1. The van der Waals surface area contributed by atoms with Crippen LogP contribution in [0.4, 0.5) is 5.69 Å². The molecule has 1 heterocycles. The van der Waals surface area contributed by atoms with Crippen LogP contribution in [0.15, 0.2) is 82.8 Å². The molecule has 0 aliphatic heterocycles. The van der Waals surface area contributed by atoms with Gasteiger partial charge in [0.15, 0.2) is 0 Å². The van der Waals surface area contributed by atoms with Crippen LogP contribution in [0, 0.1) is 27.7 Å². The maximum absolute atomic E-state index is 13.7. The molecule has 41 heavy (non-hydrogen) atoms. The van der Waals surface area contributed by atoms with Crippen molar-refractivity contribution in [1.29, 1.82) is 0 Å². The number of rotatable bonds is 10. The number of methoxy groups -OCH3 is 2. The summed E-state index contributed by atoms with van der Waals surface area (Å²) in [6, 6.07) is 21.0. The Morgan fingerprint density at radius 3 is 2.24 bits per heavy atom. The van der Waals surface area contributed by atoms with Crippen molar-refractivity contribution in [2.24, 2.45) is 5.10 Å². The number of carbonyl (C=O) groups is 1. The summed E-state index contributed by atoms with van der Waals surface area (Å²) < 4.78 is 41.3. The van der Waals surface area contributed by atoms with Crippen LogP contribution in [0.2, 0.25) is 0 Å². The molecular formula is C31H34N4O5S. The molecule has 0 unspecified atom stereocenters. The maximum Gasteiger partial charge on any atom is 0.264 e. The van der Waals surface area contributed by atoms with Gasteiger partial charge in [0.1, 0.15) is 18.0 Å². The van der Waals surface area contributed by atoms with Crippen LogP contribution in [0.3, 0.4) is 0 Å². The van der Waals surface area contributed by atoms with Gasteiger partial charge in [0.05, 0.1) is 31.0 Å². The molecule has 0 spiro atoms. The van der Waals surface area contributed by atoms with Gasteiger partial charge in [-0.05, 0) is 81.3 Å². The van der Waals surface area contributed by atoms with Gasteiger partial charge in [-0.3, -0.25) is 9.10 Å². The second kappa shape index (κ2) is 12.3. The number of carbonyl (C=O) groups excluding carboxylic acids is 1. The summed E-state index contributed by atoms with van der Waals surface area (Å²) in [5, 5.41) is 4.15. The molecule has 1 amide bonds. The zero-order valence-corrected chi connectivity index (χ0v) is 24.8. The predicted octanol–water partition coefficient (Wildman–Crippen LogP) is 5.07. The topological polar surface area (TPSA) is 102 Å². The van der Waals surface area contributed by atoms with E-state index in [1.54, 1.807) is 36.5 Å². The third-order valence-electron chi connectivity index (χ3n) is 6.60. The molecule has 4 aromatic rings. The van der Waals surface area contributed by atoms with Gasteiger partial charge in [-0.25, -0.2) is 13.8 Å². The molecule has 4 rings (SSSR count). The van der Waals surface area contributed by atoms with E-state index in [-0.39, 0.29) is 16.3 Å². The number of hydrazone groups is 1. The number of ether oxygens (including phenoxy) is 2. The number of nitrogens with one attached hydrogen (secondary N) is 1. The molecule has 3 aromatic carbocycles. The number of benzene rings is 3. The highest BCUT2D eigenvalue weighted by molar-refractivity contribution is 7.92. The molecule has 0 atom stereocenters. The Hall–Kier alpha value is -4.57. The summed E-state index contributed by atoms with van der Waals surface area (Å²) in [6.45, 7) is 7.57. The summed E-state index contributed by atoms with van der Waals surface area (Å²) >= 11 is 0. The SMILES string of the molecule is COc1ccc(OC)c(N(CC(=O)N/N=C\c2cc(C)n(-c3cc(C)cc(C)c3)c2C)S(=O)(=O)c2ccccc2)c1. The average molecular weight is 575 g/mol. The zero-order valence-electron chi connectivity index (χ0n) is 24.0. The first-order valence-corrected chi connectivity index (χ1v) is 14.4. The van der Waals surface area contributed by atoms with E-state index in [0.717, 1.165) is 38.1 Å². The van der Waals surface area contributed by atoms with E-state index in [9.17, 15) is 13.2 Å². The van der Waals surface area contributed by atoms with Crippen molar-refractivity contribution in [3.05, 3.63) is 101 Å². The van der Waals surface area contributed by atoms with E-state index in [1.807, 2.05) is 19.9 Å². The third kappa shape index (κ3) is 6.44. The second-order valence-corrected chi connectivity index (χ2v) is 11.5. The molecule has 9 nitrogen and oxygen atoms in total. The Morgan fingerprint density at radius 1 is 0.927 bits per heavy atom. The number of hydrogen-bond donors (Lipinski definition) is 1. The fourth-order valence-electron chi connectivity index (χ4n) is 4.75. The smallest absolute Gasteiger partial charge is 0.264 e. The van der Waals surface area contributed by atoms with Gasteiger partial charge in [0.2, 0.25) is 0 Å². The molecule has 214 valence electrons. The maximum atomic E-state index is 13.7. The van der Waals surface area contributed by atoms with E-state index in [1.165, 1.54) is 32.4 Å². The number of amides is 1. The van der Waals surface area contributed by atoms with E-state index < -0.39 is 22.5 Å². The Morgan fingerprint density at radius 2 is 1.61 bits per heavy atom. The Bertz CT molecular complexity index is 1670. The van der Waals surface area contributed by atoms with Crippen LogP contribution in [0.1, 0.15) is 28.1 Å². The molecular weight excluding hydrogens is 540 g/mol. The molecule has 0 aliphatic carbocycles. The summed E-state index contributed by atoms with van der Waals surface area (Å²) in [5.74, 6) is 0.0424. The third-order valence-corrected chi connectivity index (χ3v) is 8.37. The lowest BCUT2D eigenvalue weighted by Gasteiger charge is -2.25. The molecule has 0 saturated heterocycles. The Labute approximate surface area is 241 Å². The highest BCUT2D eigenvalue weighted by atomic mass is 32.2. The number of aromatic nitrogens is 1. The van der Waals surface area contributed by atoms with Crippen molar-refractivity contribution in [2.45, 2.75) is 32.6 Å². The monoisotopic (exact) mass is 574 g/mol. The van der Waals surface area contributed by atoms with Gasteiger partial charge >= 0.3 is 0 Å². The number of sulfonamides is 1. The lowest BCUT2D eigenvalue weighted by molar-refractivity contribution is -0.119. The highest BCUT2D eigenvalue weighted by Crippen LogP contribution is 2.35. The molecule has 0 saturated carbocycles. The van der Waals surface area contributed by atoms with Crippen LogP contribution in [-0.4, -0.2) is 45.9 Å². The predicted molar refractivity (Wildman–Crippen MR) is 161 cm³/mol. The fourth-order valence-corrected chi connectivity index (χ4v) is 6.19. The minimum absolute atomic E-state index is 0.0278. The molecule has 0 fully saturated rings. The molecule has 0 bridgehead atoms. The molecule has 0 radical (unpaired) electrons. The van der Waals surface area contributed by atoms with Crippen molar-refractivity contribution in [3.63, 3.8) is 0 Å². The molecule has 1 N–H and O–H groups in total. The van der Waals surface area contributed by atoms with Crippen LogP contribution in [0.25, 0.3) is 5.69 Å². The summed E-state index contributed by atoms with van der Waals surface area (Å²) in [4.78, 5) is 13.1. The Balaban J connectivity index is 1.61. The van der Waals surface area contributed by atoms with Crippen molar-refractivity contribution in [2.75, 3.05) is 25.1 Å². The van der Waals surface area contributed by atoms with Gasteiger partial charge < -0.3 is 14.0 Å². The second-order valence-electron chi connectivity index (χ2n) is 9.66. The number of hydrogen-bond acceptors (Lipinski definition) is 6. The van der Waals surface area contributed by atoms with Crippen molar-refractivity contribution < 1.29 is 22.7 Å². The first-order valence-electron chi connectivity index (χ1n) is 12.9. The molecule has 0 aliphatic rings. The van der Waals surface area contributed by atoms with Crippen LogP contribution < -0.4 is 19.2 Å². The Kier molecular flexibility index (Phi) is 8.83. The largest absolute Gasteiger partial charge is 0.497 e. The van der Waals surface area contributed by atoms with E-state index in [4.69, 9.17) is 9.47 Å². The minimum Gasteiger partial charge on any atom is -0.497 e. The van der Waals surface area contributed by atoms with Gasteiger partial charge in [-0.1, -0.05) is 24.3 Å². The van der Waals surface area contributed by atoms with Crippen LogP contribution >= 0.6 is 0 Å². The summed E-state index contributed by atoms with van der Waals surface area (Å²) in [5.41, 5.74) is 8.82. The first-order chi connectivity index (χ1) is 19.5. The van der Waals surface area contributed by atoms with E-state index >= 15 is 0 Å². The molecule has 1 aromatic heterocycles. The number of nitrogens with zero attached hydrogens (tertiary/aromatic N) is 3. The minimum atomic E-state index is -4.15. The van der Waals surface area contributed by atoms with Crippen molar-refractivity contribution >= 4 is 27.8 Å². The van der Waals surface area contributed by atoms with E-state index in [0.29, 0.717) is 5.75 Å². The molecule has 10 heteroatoms. The lowest BCUT2D eigenvalue weighted by Crippen LogP contribution is -2.39. The summed E-state index contributed by atoms with van der Waals surface area (Å²) in [6.07, 6.45) is 1.56. The van der Waals surface area contributed by atoms with E-state index in [2.05, 4.69) is 47.1 Å².